The minimum Gasteiger partial charge on any atom is -0.350 e. The standard InChI is InChI=1S/C17H22BrN3O2.ClH/c18-13-7-5-12(6-8-13)17(23)21-9-1-2-15(21)16(22)20-14(10-19)11-3-4-11;/h5-8,11,14-15H,1-4,9-10,19H2,(H,20,22);1H. The highest BCUT2D eigenvalue weighted by atomic mass is 79.9. The number of halogens is 2. The third-order valence-electron chi connectivity index (χ3n) is 4.68. The van der Waals surface area contributed by atoms with E-state index < -0.39 is 0 Å². The van der Waals surface area contributed by atoms with Gasteiger partial charge in [0.25, 0.3) is 5.91 Å². The highest BCUT2D eigenvalue weighted by Crippen LogP contribution is 2.32. The zero-order valence-electron chi connectivity index (χ0n) is 13.4. The van der Waals surface area contributed by atoms with E-state index in [0.717, 1.165) is 30.2 Å². The van der Waals surface area contributed by atoms with Crippen molar-refractivity contribution in [1.29, 1.82) is 0 Å². The summed E-state index contributed by atoms with van der Waals surface area (Å²) in [6.45, 7) is 1.09. The van der Waals surface area contributed by atoms with Crippen LogP contribution in [0.1, 0.15) is 36.0 Å². The first-order chi connectivity index (χ1) is 11.1. The van der Waals surface area contributed by atoms with Gasteiger partial charge >= 0.3 is 0 Å². The fourth-order valence-electron chi connectivity index (χ4n) is 3.19. The summed E-state index contributed by atoms with van der Waals surface area (Å²) < 4.78 is 0.931. The number of rotatable bonds is 5. The molecule has 5 nitrogen and oxygen atoms in total. The maximum absolute atomic E-state index is 12.7. The monoisotopic (exact) mass is 415 g/mol. The number of nitrogens with two attached hydrogens (primary N) is 1. The van der Waals surface area contributed by atoms with Crippen molar-refractivity contribution in [2.75, 3.05) is 13.1 Å². The molecule has 1 saturated heterocycles. The van der Waals surface area contributed by atoms with Crippen molar-refractivity contribution in [3.63, 3.8) is 0 Å². The van der Waals surface area contributed by atoms with Gasteiger partial charge in [0.05, 0.1) is 0 Å². The molecule has 2 amide bonds. The van der Waals surface area contributed by atoms with Crippen molar-refractivity contribution in [3.8, 4) is 0 Å². The Labute approximate surface area is 156 Å². The van der Waals surface area contributed by atoms with Crippen LogP contribution in [0.3, 0.4) is 0 Å². The van der Waals surface area contributed by atoms with Crippen molar-refractivity contribution in [3.05, 3.63) is 34.3 Å². The topological polar surface area (TPSA) is 75.4 Å². The second-order valence-corrected chi connectivity index (χ2v) is 7.27. The van der Waals surface area contributed by atoms with Crippen LogP contribution >= 0.6 is 28.3 Å². The summed E-state index contributed by atoms with van der Waals surface area (Å²) in [5.74, 6) is 0.377. The number of benzene rings is 1. The van der Waals surface area contributed by atoms with E-state index >= 15 is 0 Å². The van der Waals surface area contributed by atoms with Crippen LogP contribution in [0.4, 0.5) is 0 Å². The second-order valence-electron chi connectivity index (χ2n) is 6.35. The van der Waals surface area contributed by atoms with E-state index in [1.807, 2.05) is 12.1 Å². The van der Waals surface area contributed by atoms with Gasteiger partial charge in [0, 0.05) is 29.2 Å². The van der Waals surface area contributed by atoms with Gasteiger partial charge in [0.2, 0.25) is 5.91 Å². The second kappa shape index (κ2) is 8.32. The maximum atomic E-state index is 12.7. The molecule has 7 heteroatoms. The summed E-state index contributed by atoms with van der Waals surface area (Å²) in [5.41, 5.74) is 6.38. The lowest BCUT2D eigenvalue weighted by Crippen LogP contribution is -2.51. The van der Waals surface area contributed by atoms with Crippen LogP contribution < -0.4 is 11.1 Å². The van der Waals surface area contributed by atoms with Gasteiger partial charge in [-0.25, -0.2) is 0 Å². The Bertz CT molecular complexity index is 592. The molecule has 0 bridgehead atoms. The van der Waals surface area contributed by atoms with Gasteiger partial charge in [0.15, 0.2) is 0 Å². The molecule has 0 spiro atoms. The van der Waals surface area contributed by atoms with E-state index in [1.165, 1.54) is 0 Å². The Morgan fingerprint density at radius 3 is 2.50 bits per heavy atom. The average molecular weight is 417 g/mol. The lowest BCUT2D eigenvalue weighted by molar-refractivity contribution is -0.125. The lowest BCUT2D eigenvalue weighted by atomic mass is 10.1. The van der Waals surface area contributed by atoms with Crippen LogP contribution in [0, 0.1) is 5.92 Å². The Hall–Kier alpha value is -1.11. The van der Waals surface area contributed by atoms with Crippen molar-refractivity contribution in [2.24, 2.45) is 11.7 Å². The number of nitrogens with one attached hydrogen (secondary N) is 1. The van der Waals surface area contributed by atoms with Crippen molar-refractivity contribution < 1.29 is 9.59 Å². The number of likely N-dealkylation sites (tertiary alicyclic amines) is 1. The first kappa shape index (κ1) is 19.2. The molecule has 1 aliphatic carbocycles. The molecule has 1 aromatic carbocycles. The minimum atomic E-state index is -0.376. The van der Waals surface area contributed by atoms with E-state index in [0.29, 0.717) is 24.6 Å². The van der Waals surface area contributed by atoms with Crippen molar-refractivity contribution in [2.45, 2.75) is 37.8 Å². The molecule has 3 N–H and O–H groups in total. The summed E-state index contributed by atoms with van der Waals surface area (Å²) in [6.07, 6.45) is 3.84. The van der Waals surface area contributed by atoms with Crippen LogP contribution in [-0.2, 0) is 4.79 Å². The zero-order valence-corrected chi connectivity index (χ0v) is 15.8. The SMILES string of the molecule is Cl.NCC(NC(=O)C1CCCN1C(=O)c1ccc(Br)cc1)C1CC1. The number of carbonyl (C=O) groups is 2. The number of amides is 2. The van der Waals surface area contributed by atoms with Gasteiger partial charge < -0.3 is 16.0 Å². The first-order valence-corrected chi connectivity index (χ1v) is 8.96. The predicted molar refractivity (Wildman–Crippen MR) is 99.2 cm³/mol. The van der Waals surface area contributed by atoms with Crippen LogP contribution in [0.15, 0.2) is 28.7 Å². The van der Waals surface area contributed by atoms with Crippen molar-refractivity contribution in [1.82, 2.24) is 10.2 Å². The molecule has 2 unspecified atom stereocenters. The van der Waals surface area contributed by atoms with Gasteiger partial charge in [0.1, 0.15) is 6.04 Å². The minimum absolute atomic E-state index is 0. The quantitative estimate of drug-likeness (QED) is 0.773. The van der Waals surface area contributed by atoms with Crippen LogP contribution in [0.2, 0.25) is 0 Å². The van der Waals surface area contributed by atoms with E-state index in [4.69, 9.17) is 5.73 Å². The molecule has 0 aromatic heterocycles. The molecular formula is C17H23BrClN3O2. The first-order valence-electron chi connectivity index (χ1n) is 8.17. The van der Waals surface area contributed by atoms with Gasteiger partial charge in [-0.1, -0.05) is 15.9 Å². The summed E-state index contributed by atoms with van der Waals surface area (Å²) in [7, 11) is 0. The number of hydrogen-bond acceptors (Lipinski definition) is 3. The van der Waals surface area contributed by atoms with Crippen molar-refractivity contribution >= 4 is 40.2 Å². The molecule has 1 saturated carbocycles. The molecule has 1 heterocycles. The molecule has 2 aliphatic rings. The molecule has 2 fully saturated rings. The molecule has 0 radical (unpaired) electrons. The number of carbonyl (C=O) groups excluding carboxylic acids is 2. The average Bonchev–Trinajstić information content (AvgIpc) is 3.28. The van der Waals surface area contributed by atoms with Crippen LogP contribution in [0.25, 0.3) is 0 Å². The summed E-state index contributed by atoms with van der Waals surface area (Å²) >= 11 is 3.37. The Kier molecular flexibility index (Phi) is 6.66. The normalized spacial score (nSPS) is 21.1. The Morgan fingerprint density at radius 2 is 1.92 bits per heavy atom. The molecule has 24 heavy (non-hydrogen) atoms. The smallest absolute Gasteiger partial charge is 0.254 e. The fraction of sp³-hybridized carbons (Fsp3) is 0.529. The molecule has 3 rings (SSSR count). The summed E-state index contributed by atoms with van der Waals surface area (Å²) in [4.78, 5) is 27.0. The predicted octanol–water partition coefficient (Wildman–Crippen LogP) is 2.33. The van der Waals surface area contributed by atoms with Gasteiger partial charge in [-0.2, -0.15) is 0 Å². The number of nitrogens with zero attached hydrogens (tertiary/aromatic N) is 1. The molecule has 1 aromatic rings. The summed E-state index contributed by atoms with van der Waals surface area (Å²) in [5, 5.41) is 3.05. The Balaban J connectivity index is 0.00000208. The third-order valence-corrected chi connectivity index (χ3v) is 5.21. The fourth-order valence-corrected chi connectivity index (χ4v) is 3.45. The van der Waals surface area contributed by atoms with E-state index in [1.54, 1.807) is 17.0 Å². The number of hydrogen-bond donors (Lipinski definition) is 2. The molecule has 2 atom stereocenters. The molecule has 132 valence electrons. The highest BCUT2D eigenvalue weighted by molar-refractivity contribution is 9.10. The van der Waals surface area contributed by atoms with Gasteiger partial charge in [-0.15, -0.1) is 12.4 Å². The highest BCUT2D eigenvalue weighted by Gasteiger charge is 2.37. The van der Waals surface area contributed by atoms with E-state index in [2.05, 4.69) is 21.2 Å². The van der Waals surface area contributed by atoms with Gasteiger partial charge in [-0.05, 0) is 55.9 Å². The molecule has 1 aliphatic heterocycles. The lowest BCUT2D eigenvalue weighted by Gasteiger charge is -2.26. The van der Waals surface area contributed by atoms with Crippen LogP contribution in [-0.4, -0.2) is 41.9 Å². The maximum Gasteiger partial charge on any atom is 0.254 e. The largest absolute Gasteiger partial charge is 0.350 e. The van der Waals surface area contributed by atoms with Crippen LogP contribution in [0.5, 0.6) is 0 Å². The van der Waals surface area contributed by atoms with E-state index in [-0.39, 0.29) is 36.3 Å². The van der Waals surface area contributed by atoms with E-state index in [9.17, 15) is 9.59 Å². The van der Waals surface area contributed by atoms with Gasteiger partial charge in [-0.3, -0.25) is 9.59 Å². The zero-order chi connectivity index (χ0) is 16.4. The third kappa shape index (κ3) is 4.29. The molecular weight excluding hydrogens is 394 g/mol. The summed E-state index contributed by atoms with van der Waals surface area (Å²) in [6, 6.07) is 6.93. The Morgan fingerprint density at radius 1 is 1.25 bits per heavy atom.